The standard InChI is InChI=1S/C12H17NO2/c14-11-8-13-7-6-12(11)15-9-10-4-2-1-3-5-10/h1-5,11-14H,6-9H2. The summed E-state index contributed by atoms with van der Waals surface area (Å²) >= 11 is 0. The van der Waals surface area contributed by atoms with E-state index in [-0.39, 0.29) is 12.2 Å². The molecule has 15 heavy (non-hydrogen) atoms. The summed E-state index contributed by atoms with van der Waals surface area (Å²) < 4.78 is 5.69. The molecule has 82 valence electrons. The molecule has 1 aliphatic rings. The van der Waals surface area contributed by atoms with Gasteiger partial charge in [0.1, 0.15) is 0 Å². The number of ether oxygens (including phenoxy) is 1. The highest BCUT2D eigenvalue weighted by Crippen LogP contribution is 2.11. The van der Waals surface area contributed by atoms with Crippen molar-refractivity contribution >= 4 is 0 Å². The van der Waals surface area contributed by atoms with Crippen LogP contribution in [-0.4, -0.2) is 30.4 Å². The Morgan fingerprint density at radius 2 is 2.13 bits per heavy atom. The number of piperidine rings is 1. The van der Waals surface area contributed by atoms with Gasteiger partial charge in [-0.25, -0.2) is 0 Å². The van der Waals surface area contributed by atoms with E-state index in [9.17, 15) is 5.11 Å². The fourth-order valence-corrected chi connectivity index (χ4v) is 1.79. The molecule has 1 saturated heterocycles. The van der Waals surface area contributed by atoms with Gasteiger partial charge in [0.25, 0.3) is 0 Å². The van der Waals surface area contributed by atoms with Crippen LogP contribution in [0.5, 0.6) is 0 Å². The van der Waals surface area contributed by atoms with Crippen LogP contribution in [0.4, 0.5) is 0 Å². The number of benzene rings is 1. The molecule has 0 spiro atoms. The minimum atomic E-state index is -0.373. The summed E-state index contributed by atoms with van der Waals surface area (Å²) in [7, 11) is 0. The van der Waals surface area contributed by atoms with Crippen molar-refractivity contribution in [1.82, 2.24) is 5.32 Å². The van der Waals surface area contributed by atoms with Gasteiger partial charge in [0, 0.05) is 6.54 Å². The van der Waals surface area contributed by atoms with Crippen molar-refractivity contribution in [3.05, 3.63) is 35.9 Å². The molecular formula is C12H17NO2. The number of hydrogen-bond donors (Lipinski definition) is 2. The molecule has 2 unspecified atom stereocenters. The summed E-state index contributed by atoms with van der Waals surface area (Å²) in [4.78, 5) is 0. The maximum absolute atomic E-state index is 9.66. The fourth-order valence-electron chi connectivity index (χ4n) is 1.79. The highest BCUT2D eigenvalue weighted by atomic mass is 16.5. The predicted molar refractivity (Wildman–Crippen MR) is 58.5 cm³/mol. The topological polar surface area (TPSA) is 41.5 Å². The first-order valence-electron chi connectivity index (χ1n) is 5.40. The molecule has 0 bridgehead atoms. The third-order valence-corrected chi connectivity index (χ3v) is 2.70. The fraction of sp³-hybridized carbons (Fsp3) is 0.500. The monoisotopic (exact) mass is 207 g/mol. The van der Waals surface area contributed by atoms with E-state index in [0.717, 1.165) is 18.5 Å². The summed E-state index contributed by atoms with van der Waals surface area (Å²) in [6.07, 6.45) is 0.488. The summed E-state index contributed by atoms with van der Waals surface area (Å²) in [6.45, 7) is 2.15. The van der Waals surface area contributed by atoms with Crippen LogP contribution >= 0.6 is 0 Å². The SMILES string of the molecule is OC1CNCCC1OCc1ccccc1. The van der Waals surface area contributed by atoms with Gasteiger partial charge >= 0.3 is 0 Å². The average Bonchev–Trinajstić information content (AvgIpc) is 2.29. The predicted octanol–water partition coefficient (Wildman–Crippen LogP) is 0.926. The van der Waals surface area contributed by atoms with Crippen LogP contribution in [0.15, 0.2) is 30.3 Å². The molecule has 1 aromatic carbocycles. The number of nitrogens with one attached hydrogen (secondary N) is 1. The summed E-state index contributed by atoms with van der Waals surface area (Å²) in [5, 5.41) is 12.8. The van der Waals surface area contributed by atoms with Crippen LogP contribution < -0.4 is 5.32 Å². The molecule has 0 aliphatic carbocycles. The van der Waals surface area contributed by atoms with E-state index in [4.69, 9.17) is 4.74 Å². The number of rotatable bonds is 3. The van der Waals surface area contributed by atoms with Gasteiger partial charge in [-0.15, -0.1) is 0 Å². The molecule has 2 rings (SSSR count). The van der Waals surface area contributed by atoms with Crippen molar-refractivity contribution in [2.24, 2.45) is 0 Å². The highest BCUT2D eigenvalue weighted by molar-refractivity contribution is 5.13. The quantitative estimate of drug-likeness (QED) is 0.774. The molecule has 1 aliphatic heterocycles. The molecule has 3 heteroatoms. The van der Waals surface area contributed by atoms with Gasteiger partial charge < -0.3 is 15.2 Å². The van der Waals surface area contributed by atoms with Gasteiger partial charge in [-0.2, -0.15) is 0 Å². The van der Waals surface area contributed by atoms with Crippen molar-refractivity contribution in [3.8, 4) is 0 Å². The maximum Gasteiger partial charge on any atom is 0.0926 e. The largest absolute Gasteiger partial charge is 0.389 e. The Morgan fingerprint density at radius 3 is 2.87 bits per heavy atom. The van der Waals surface area contributed by atoms with E-state index in [1.165, 1.54) is 0 Å². The molecule has 1 heterocycles. The van der Waals surface area contributed by atoms with Crippen molar-refractivity contribution < 1.29 is 9.84 Å². The van der Waals surface area contributed by atoms with Crippen LogP contribution in [0.2, 0.25) is 0 Å². The van der Waals surface area contributed by atoms with Crippen LogP contribution in [0.1, 0.15) is 12.0 Å². The third-order valence-electron chi connectivity index (χ3n) is 2.70. The van der Waals surface area contributed by atoms with E-state index in [1.807, 2.05) is 30.3 Å². The van der Waals surface area contributed by atoms with Gasteiger partial charge in [0.15, 0.2) is 0 Å². The lowest BCUT2D eigenvalue weighted by Crippen LogP contribution is -2.45. The average molecular weight is 207 g/mol. The van der Waals surface area contributed by atoms with E-state index in [1.54, 1.807) is 0 Å². The van der Waals surface area contributed by atoms with Crippen LogP contribution in [0.3, 0.4) is 0 Å². The van der Waals surface area contributed by atoms with Gasteiger partial charge in [-0.05, 0) is 18.5 Å². The van der Waals surface area contributed by atoms with Crippen molar-refractivity contribution in [2.75, 3.05) is 13.1 Å². The molecule has 1 aromatic rings. The Balaban J connectivity index is 1.82. The van der Waals surface area contributed by atoms with Gasteiger partial charge in [0.05, 0.1) is 18.8 Å². The lowest BCUT2D eigenvalue weighted by atomic mass is 10.1. The zero-order chi connectivity index (χ0) is 10.5. The first-order chi connectivity index (χ1) is 7.36. The van der Waals surface area contributed by atoms with E-state index < -0.39 is 0 Å². The van der Waals surface area contributed by atoms with Gasteiger partial charge in [0.2, 0.25) is 0 Å². The Labute approximate surface area is 90.1 Å². The first kappa shape index (κ1) is 10.6. The summed E-state index contributed by atoms with van der Waals surface area (Å²) in [6, 6.07) is 10.1. The molecule has 0 aromatic heterocycles. The van der Waals surface area contributed by atoms with Crippen LogP contribution in [-0.2, 0) is 11.3 Å². The Hall–Kier alpha value is -0.900. The van der Waals surface area contributed by atoms with Crippen molar-refractivity contribution in [1.29, 1.82) is 0 Å². The maximum atomic E-state index is 9.66. The smallest absolute Gasteiger partial charge is 0.0926 e. The number of aliphatic hydroxyl groups excluding tert-OH is 1. The summed E-state index contributed by atoms with van der Waals surface area (Å²) in [5.74, 6) is 0. The second-order valence-corrected chi connectivity index (χ2v) is 3.90. The molecule has 0 amide bonds. The second-order valence-electron chi connectivity index (χ2n) is 3.90. The summed E-state index contributed by atoms with van der Waals surface area (Å²) in [5.41, 5.74) is 1.16. The Kier molecular flexibility index (Phi) is 3.72. The van der Waals surface area contributed by atoms with E-state index in [2.05, 4.69) is 5.32 Å². The molecule has 0 radical (unpaired) electrons. The zero-order valence-corrected chi connectivity index (χ0v) is 8.73. The molecule has 2 atom stereocenters. The lowest BCUT2D eigenvalue weighted by molar-refractivity contribution is -0.0594. The first-order valence-corrected chi connectivity index (χ1v) is 5.40. The van der Waals surface area contributed by atoms with E-state index in [0.29, 0.717) is 13.2 Å². The Morgan fingerprint density at radius 1 is 1.33 bits per heavy atom. The van der Waals surface area contributed by atoms with Crippen molar-refractivity contribution in [3.63, 3.8) is 0 Å². The number of hydrogen-bond acceptors (Lipinski definition) is 3. The molecule has 0 saturated carbocycles. The molecule has 1 fully saturated rings. The van der Waals surface area contributed by atoms with Gasteiger partial charge in [-0.3, -0.25) is 0 Å². The Bertz CT molecular complexity index is 289. The molecular weight excluding hydrogens is 190 g/mol. The normalized spacial score (nSPS) is 26.5. The van der Waals surface area contributed by atoms with E-state index >= 15 is 0 Å². The minimum Gasteiger partial charge on any atom is -0.389 e. The molecule has 2 N–H and O–H groups in total. The number of β-amino-alcohol motifs (C(OH)–C–C–N with tert-alkyl or cyclic N) is 1. The van der Waals surface area contributed by atoms with Crippen LogP contribution in [0, 0.1) is 0 Å². The highest BCUT2D eigenvalue weighted by Gasteiger charge is 2.22. The molecule has 3 nitrogen and oxygen atoms in total. The zero-order valence-electron chi connectivity index (χ0n) is 8.73. The second kappa shape index (κ2) is 5.26. The number of aliphatic hydroxyl groups is 1. The van der Waals surface area contributed by atoms with Crippen molar-refractivity contribution in [2.45, 2.75) is 25.2 Å². The van der Waals surface area contributed by atoms with Gasteiger partial charge in [-0.1, -0.05) is 30.3 Å². The van der Waals surface area contributed by atoms with Crippen LogP contribution in [0.25, 0.3) is 0 Å². The lowest BCUT2D eigenvalue weighted by Gasteiger charge is -2.28. The third kappa shape index (κ3) is 3.02. The minimum absolute atomic E-state index is 0.0218.